The monoisotopic (exact) mass is 462 g/mol. The number of anilines is 1. The number of phenols is 1. The van der Waals surface area contributed by atoms with E-state index in [4.69, 9.17) is 9.47 Å². The Kier molecular flexibility index (Phi) is 6.64. The highest BCUT2D eigenvalue weighted by Crippen LogP contribution is 2.29. The van der Waals surface area contributed by atoms with Gasteiger partial charge in [0, 0.05) is 31.9 Å². The van der Waals surface area contributed by atoms with E-state index >= 15 is 0 Å². The molecule has 1 N–H and O–H groups in total. The highest BCUT2D eigenvalue weighted by molar-refractivity contribution is 9.10. The molecule has 0 aromatic heterocycles. The summed E-state index contributed by atoms with van der Waals surface area (Å²) in [5.74, 6) is -0.367. The van der Waals surface area contributed by atoms with Crippen molar-refractivity contribution in [2.45, 2.75) is 6.92 Å². The number of phenolic OH excluding ortho intramolecular Hbond substituents is 1. The lowest BCUT2D eigenvalue weighted by atomic mass is 10.1. The van der Waals surface area contributed by atoms with Crippen LogP contribution in [0.4, 0.5) is 5.69 Å². The third kappa shape index (κ3) is 5.00. The Labute approximate surface area is 177 Å². The van der Waals surface area contributed by atoms with Crippen molar-refractivity contribution >= 4 is 33.5 Å². The number of halogens is 1. The first-order valence-corrected chi connectivity index (χ1v) is 10.0. The number of hydrogen-bond donors (Lipinski definition) is 1. The first-order valence-electron chi connectivity index (χ1n) is 9.22. The van der Waals surface area contributed by atoms with Gasteiger partial charge in [-0.05, 0) is 64.8 Å². The Morgan fingerprint density at radius 2 is 1.76 bits per heavy atom. The molecule has 1 aliphatic rings. The van der Waals surface area contributed by atoms with Crippen LogP contribution in [0.1, 0.15) is 15.9 Å². The molecule has 7 nitrogen and oxygen atoms in total. The minimum Gasteiger partial charge on any atom is -0.506 e. The summed E-state index contributed by atoms with van der Waals surface area (Å²) in [4.78, 5) is 28.5. The van der Waals surface area contributed by atoms with Crippen LogP contribution < -0.4 is 9.64 Å². The van der Waals surface area contributed by atoms with Crippen molar-refractivity contribution in [1.29, 1.82) is 0 Å². The van der Waals surface area contributed by atoms with Crippen molar-refractivity contribution in [1.82, 2.24) is 4.90 Å². The number of carbonyl (C=O) groups excluding carboxylic acids is 2. The first-order chi connectivity index (χ1) is 13.9. The van der Waals surface area contributed by atoms with E-state index in [9.17, 15) is 14.7 Å². The van der Waals surface area contributed by atoms with Crippen molar-refractivity contribution in [3.8, 4) is 11.5 Å². The number of methoxy groups -OCH3 is 1. The predicted molar refractivity (Wildman–Crippen MR) is 113 cm³/mol. The molecule has 1 saturated heterocycles. The fourth-order valence-electron chi connectivity index (χ4n) is 3.19. The van der Waals surface area contributed by atoms with Crippen LogP contribution in [-0.2, 0) is 9.53 Å². The molecule has 2 aromatic carbocycles. The van der Waals surface area contributed by atoms with E-state index in [-0.39, 0.29) is 23.8 Å². The van der Waals surface area contributed by atoms with Crippen LogP contribution in [0.25, 0.3) is 0 Å². The summed E-state index contributed by atoms with van der Waals surface area (Å²) < 4.78 is 10.7. The van der Waals surface area contributed by atoms with Crippen molar-refractivity contribution in [2.75, 3.05) is 44.8 Å². The maximum absolute atomic E-state index is 12.4. The molecule has 0 aliphatic carbocycles. The fourth-order valence-corrected chi connectivity index (χ4v) is 3.77. The van der Waals surface area contributed by atoms with Gasteiger partial charge < -0.3 is 24.4 Å². The number of aryl methyl sites for hydroxylation is 1. The van der Waals surface area contributed by atoms with Gasteiger partial charge in [-0.3, -0.25) is 4.79 Å². The normalized spacial score (nSPS) is 13.9. The summed E-state index contributed by atoms with van der Waals surface area (Å²) in [6, 6.07) is 11.0. The van der Waals surface area contributed by atoms with Crippen LogP contribution in [0.3, 0.4) is 0 Å². The molecule has 29 heavy (non-hydrogen) atoms. The quantitative estimate of drug-likeness (QED) is 0.688. The van der Waals surface area contributed by atoms with Crippen LogP contribution in [0.15, 0.2) is 40.9 Å². The van der Waals surface area contributed by atoms with Gasteiger partial charge in [0.15, 0.2) is 6.61 Å². The second-order valence-electron chi connectivity index (χ2n) is 6.78. The zero-order chi connectivity index (χ0) is 21.0. The molecule has 1 heterocycles. The number of nitrogens with zero attached hydrogens (tertiary/aromatic N) is 2. The van der Waals surface area contributed by atoms with E-state index in [2.05, 4.69) is 20.8 Å². The van der Waals surface area contributed by atoms with E-state index in [0.717, 1.165) is 17.0 Å². The summed E-state index contributed by atoms with van der Waals surface area (Å²) in [6.07, 6.45) is 0. The number of rotatable bonds is 5. The summed E-state index contributed by atoms with van der Waals surface area (Å²) >= 11 is 3.20. The standard InChI is InChI=1S/C21H23BrN2O5/c1-14-11-17(20(26)18(22)12-14)21(27)29-13-19(25)24-9-7-23(8-10-24)15-3-5-16(28-2)6-4-15/h3-6,11-12,26H,7-10,13H2,1-2H3. The van der Waals surface area contributed by atoms with Crippen molar-refractivity contribution in [3.05, 3.63) is 52.0 Å². The second kappa shape index (κ2) is 9.17. The summed E-state index contributed by atoms with van der Waals surface area (Å²) in [6.45, 7) is 3.92. The molecule has 2 aromatic rings. The van der Waals surface area contributed by atoms with Gasteiger partial charge in [0.1, 0.15) is 17.1 Å². The Bertz CT molecular complexity index is 893. The highest BCUT2D eigenvalue weighted by Gasteiger charge is 2.23. The van der Waals surface area contributed by atoms with Crippen LogP contribution in [0, 0.1) is 6.92 Å². The van der Waals surface area contributed by atoms with Crippen LogP contribution in [-0.4, -0.2) is 61.8 Å². The fraction of sp³-hybridized carbons (Fsp3) is 0.333. The number of ether oxygens (including phenoxy) is 2. The van der Waals surface area contributed by atoms with Gasteiger partial charge in [0.05, 0.1) is 11.6 Å². The second-order valence-corrected chi connectivity index (χ2v) is 7.64. The predicted octanol–water partition coefficient (Wildman–Crippen LogP) is 2.98. The minimum atomic E-state index is -0.725. The summed E-state index contributed by atoms with van der Waals surface area (Å²) in [5.41, 5.74) is 1.90. The molecule has 0 atom stereocenters. The third-order valence-electron chi connectivity index (χ3n) is 4.82. The molecule has 1 fully saturated rings. The summed E-state index contributed by atoms with van der Waals surface area (Å²) in [5, 5.41) is 10.0. The Morgan fingerprint density at radius 3 is 2.38 bits per heavy atom. The number of hydrogen-bond acceptors (Lipinski definition) is 6. The van der Waals surface area contributed by atoms with Crippen molar-refractivity contribution < 1.29 is 24.2 Å². The zero-order valence-corrected chi connectivity index (χ0v) is 17.9. The van der Waals surface area contributed by atoms with Crippen LogP contribution in [0.2, 0.25) is 0 Å². The number of amides is 1. The lowest BCUT2D eigenvalue weighted by Crippen LogP contribution is -2.49. The average molecular weight is 463 g/mol. The van der Waals surface area contributed by atoms with E-state index in [1.807, 2.05) is 24.3 Å². The SMILES string of the molecule is COc1ccc(N2CCN(C(=O)COC(=O)c3cc(C)cc(Br)c3O)CC2)cc1. The van der Waals surface area contributed by atoms with Gasteiger partial charge in [-0.2, -0.15) is 0 Å². The number of benzene rings is 2. The molecule has 1 aliphatic heterocycles. The molecule has 154 valence electrons. The molecule has 1 amide bonds. The van der Waals surface area contributed by atoms with Gasteiger partial charge in [0.25, 0.3) is 5.91 Å². The summed E-state index contributed by atoms with van der Waals surface area (Å²) in [7, 11) is 1.63. The van der Waals surface area contributed by atoms with E-state index in [0.29, 0.717) is 30.7 Å². The number of esters is 1. The van der Waals surface area contributed by atoms with Gasteiger partial charge in [-0.15, -0.1) is 0 Å². The first kappa shape index (κ1) is 21.0. The third-order valence-corrected chi connectivity index (χ3v) is 5.43. The van der Waals surface area contributed by atoms with Crippen molar-refractivity contribution in [3.63, 3.8) is 0 Å². The topological polar surface area (TPSA) is 79.3 Å². The molecular formula is C21H23BrN2O5. The smallest absolute Gasteiger partial charge is 0.342 e. The number of piperazine rings is 1. The molecule has 0 bridgehead atoms. The maximum atomic E-state index is 12.4. The van der Waals surface area contributed by atoms with Gasteiger partial charge in [0.2, 0.25) is 0 Å². The van der Waals surface area contributed by atoms with Crippen molar-refractivity contribution in [2.24, 2.45) is 0 Å². The Balaban J connectivity index is 1.51. The molecule has 3 rings (SSSR count). The molecule has 0 spiro atoms. The van der Waals surface area contributed by atoms with E-state index in [1.54, 1.807) is 25.0 Å². The van der Waals surface area contributed by atoms with Gasteiger partial charge in [-0.1, -0.05) is 0 Å². The molecule has 0 saturated carbocycles. The Morgan fingerprint density at radius 1 is 1.10 bits per heavy atom. The van der Waals surface area contributed by atoms with Crippen LogP contribution in [0.5, 0.6) is 11.5 Å². The van der Waals surface area contributed by atoms with Crippen LogP contribution >= 0.6 is 15.9 Å². The van der Waals surface area contributed by atoms with E-state index in [1.165, 1.54) is 6.07 Å². The highest BCUT2D eigenvalue weighted by atomic mass is 79.9. The minimum absolute atomic E-state index is 0.0361. The van der Waals surface area contributed by atoms with Gasteiger partial charge >= 0.3 is 5.97 Å². The number of carbonyl (C=O) groups is 2. The maximum Gasteiger partial charge on any atom is 0.342 e. The molecule has 0 radical (unpaired) electrons. The molecule has 0 unspecified atom stereocenters. The van der Waals surface area contributed by atoms with E-state index < -0.39 is 5.97 Å². The van der Waals surface area contributed by atoms with Gasteiger partial charge in [-0.25, -0.2) is 4.79 Å². The Hall–Kier alpha value is -2.74. The number of aromatic hydroxyl groups is 1. The lowest BCUT2D eigenvalue weighted by Gasteiger charge is -2.36. The largest absolute Gasteiger partial charge is 0.506 e. The average Bonchev–Trinajstić information content (AvgIpc) is 2.74. The zero-order valence-electron chi connectivity index (χ0n) is 16.4. The molecular weight excluding hydrogens is 440 g/mol. The molecule has 8 heteroatoms. The lowest BCUT2D eigenvalue weighted by molar-refractivity contribution is -0.134.